The second kappa shape index (κ2) is 4.07. The molecule has 2 atom stereocenters. The predicted molar refractivity (Wildman–Crippen MR) is 77.1 cm³/mol. The molecule has 0 spiro atoms. The number of sulfone groups is 1. The molecule has 2 aliphatic rings. The zero-order valence-corrected chi connectivity index (χ0v) is 12.3. The third-order valence-electron chi connectivity index (χ3n) is 4.39. The van der Waals surface area contributed by atoms with E-state index in [9.17, 15) is 8.42 Å². The maximum Gasteiger partial charge on any atom is 0.185 e. The summed E-state index contributed by atoms with van der Waals surface area (Å²) < 4.78 is 25.8. The van der Waals surface area contributed by atoms with Crippen LogP contribution >= 0.6 is 0 Å². The first-order valence-electron chi connectivity index (χ1n) is 6.61. The van der Waals surface area contributed by atoms with Crippen LogP contribution in [-0.4, -0.2) is 13.7 Å². The Labute approximate surface area is 114 Å². The Morgan fingerprint density at radius 2 is 1.74 bits per heavy atom. The van der Waals surface area contributed by atoms with Gasteiger partial charge in [0.25, 0.3) is 0 Å². The summed E-state index contributed by atoms with van der Waals surface area (Å²) in [4.78, 5) is 0.589. The molecule has 3 heteroatoms. The average Bonchev–Trinajstić information content (AvgIpc) is 2.35. The van der Waals surface area contributed by atoms with Crippen LogP contribution in [0.4, 0.5) is 0 Å². The van der Waals surface area contributed by atoms with Crippen molar-refractivity contribution in [2.45, 2.75) is 37.3 Å². The Bertz CT molecular complexity index is 709. The van der Waals surface area contributed by atoms with Gasteiger partial charge < -0.3 is 0 Å². The van der Waals surface area contributed by atoms with Crippen molar-refractivity contribution in [3.05, 3.63) is 52.6 Å². The Morgan fingerprint density at radius 1 is 1.05 bits per heavy atom. The van der Waals surface area contributed by atoms with E-state index >= 15 is 0 Å². The number of allylic oxidation sites excluding steroid dienone is 3. The molecule has 0 amide bonds. The highest BCUT2D eigenvalue weighted by Gasteiger charge is 2.40. The minimum atomic E-state index is -3.26. The van der Waals surface area contributed by atoms with E-state index in [0.29, 0.717) is 4.90 Å². The summed E-state index contributed by atoms with van der Waals surface area (Å²) in [5.41, 5.74) is 4.10. The van der Waals surface area contributed by atoms with Gasteiger partial charge in [-0.25, -0.2) is 8.42 Å². The topological polar surface area (TPSA) is 34.1 Å². The Morgan fingerprint density at radius 3 is 2.47 bits per heavy atom. The fraction of sp³-hybridized carbons (Fsp3) is 0.375. The number of fused-ring (bicyclic) bond motifs is 2. The van der Waals surface area contributed by atoms with E-state index < -0.39 is 9.84 Å². The standard InChI is InChI=1S/C16H18O2S/c1-10-8-11(2)14-9-13-6-4-5-7-15(13)19(17,18)16(14)12(10)3/h4-8,13,15H,9H2,1-3H3/t13-,15+/m0/s1. The molecule has 0 saturated heterocycles. The highest BCUT2D eigenvalue weighted by molar-refractivity contribution is 7.92. The van der Waals surface area contributed by atoms with Gasteiger partial charge in [-0.2, -0.15) is 0 Å². The molecule has 0 fully saturated rings. The number of benzene rings is 1. The summed E-state index contributed by atoms with van der Waals surface area (Å²) in [5, 5.41) is -0.384. The van der Waals surface area contributed by atoms with Gasteiger partial charge in [0, 0.05) is 5.92 Å². The first-order chi connectivity index (χ1) is 8.93. The van der Waals surface area contributed by atoms with Crippen molar-refractivity contribution in [3.8, 4) is 0 Å². The van der Waals surface area contributed by atoms with E-state index in [-0.39, 0.29) is 11.2 Å². The van der Waals surface area contributed by atoms with Crippen molar-refractivity contribution in [2.24, 2.45) is 5.92 Å². The lowest BCUT2D eigenvalue weighted by molar-refractivity contribution is 0.539. The third kappa shape index (κ3) is 1.71. The van der Waals surface area contributed by atoms with Crippen molar-refractivity contribution in [3.63, 3.8) is 0 Å². The minimum absolute atomic E-state index is 0.0864. The smallest absolute Gasteiger partial charge is 0.185 e. The van der Waals surface area contributed by atoms with Gasteiger partial charge in [0.05, 0.1) is 10.1 Å². The number of aryl methyl sites for hydroxylation is 2. The monoisotopic (exact) mass is 274 g/mol. The fourth-order valence-corrected chi connectivity index (χ4v) is 5.66. The van der Waals surface area contributed by atoms with E-state index in [4.69, 9.17) is 0 Å². The molecule has 19 heavy (non-hydrogen) atoms. The maximum atomic E-state index is 12.9. The first-order valence-corrected chi connectivity index (χ1v) is 8.16. The molecule has 0 aromatic heterocycles. The minimum Gasteiger partial charge on any atom is -0.223 e. The lowest BCUT2D eigenvalue weighted by atomic mass is 9.88. The van der Waals surface area contributed by atoms with E-state index in [0.717, 1.165) is 28.7 Å². The van der Waals surface area contributed by atoms with Gasteiger partial charge in [0.1, 0.15) is 0 Å². The van der Waals surface area contributed by atoms with Gasteiger partial charge in [-0.15, -0.1) is 0 Å². The number of hydrogen-bond acceptors (Lipinski definition) is 2. The summed E-state index contributed by atoms with van der Waals surface area (Å²) >= 11 is 0. The number of rotatable bonds is 0. The molecule has 1 aliphatic carbocycles. The van der Waals surface area contributed by atoms with E-state index in [1.807, 2.05) is 45.1 Å². The molecule has 0 unspecified atom stereocenters. The van der Waals surface area contributed by atoms with Crippen LogP contribution in [0.2, 0.25) is 0 Å². The Hall–Kier alpha value is -1.35. The van der Waals surface area contributed by atoms with Crippen LogP contribution in [0.3, 0.4) is 0 Å². The van der Waals surface area contributed by atoms with Crippen LogP contribution in [0.15, 0.2) is 35.3 Å². The van der Waals surface area contributed by atoms with Gasteiger partial charge in [-0.3, -0.25) is 0 Å². The Balaban J connectivity index is 2.34. The SMILES string of the molecule is Cc1cc(C)c2c(c1C)S(=O)(=O)[C@@H]1C=CC=C[C@H]1C2. The van der Waals surface area contributed by atoms with Crippen LogP contribution in [0, 0.1) is 26.7 Å². The molecule has 1 aromatic carbocycles. The molecule has 1 aliphatic heterocycles. The normalized spacial score (nSPS) is 26.9. The largest absolute Gasteiger partial charge is 0.223 e. The van der Waals surface area contributed by atoms with Gasteiger partial charge in [-0.05, 0) is 49.4 Å². The van der Waals surface area contributed by atoms with Crippen LogP contribution in [0.5, 0.6) is 0 Å². The molecule has 0 bridgehead atoms. The van der Waals surface area contributed by atoms with E-state index in [1.165, 1.54) is 0 Å². The maximum absolute atomic E-state index is 12.9. The summed E-state index contributed by atoms with van der Waals surface area (Å²) in [5.74, 6) is 0.0864. The van der Waals surface area contributed by atoms with Gasteiger partial charge in [0.15, 0.2) is 9.84 Å². The molecule has 0 radical (unpaired) electrons. The van der Waals surface area contributed by atoms with Crippen LogP contribution in [-0.2, 0) is 16.3 Å². The summed E-state index contributed by atoms with van der Waals surface area (Å²) in [6.07, 6.45) is 8.49. The van der Waals surface area contributed by atoms with Crippen molar-refractivity contribution >= 4 is 9.84 Å². The van der Waals surface area contributed by atoms with Gasteiger partial charge >= 0.3 is 0 Å². The van der Waals surface area contributed by atoms with Crippen molar-refractivity contribution in [1.82, 2.24) is 0 Å². The lowest BCUT2D eigenvalue weighted by Crippen LogP contribution is -2.36. The van der Waals surface area contributed by atoms with Crippen molar-refractivity contribution in [2.75, 3.05) is 0 Å². The molecule has 1 heterocycles. The molecule has 0 N–H and O–H groups in total. The second-order valence-electron chi connectivity index (χ2n) is 5.59. The van der Waals surface area contributed by atoms with E-state index in [2.05, 4.69) is 6.07 Å². The number of hydrogen-bond donors (Lipinski definition) is 0. The highest BCUT2D eigenvalue weighted by Crippen LogP contribution is 2.40. The van der Waals surface area contributed by atoms with E-state index in [1.54, 1.807) is 0 Å². The summed E-state index contributed by atoms with van der Waals surface area (Å²) in [6, 6.07) is 2.10. The quantitative estimate of drug-likeness (QED) is 0.728. The zero-order valence-electron chi connectivity index (χ0n) is 11.5. The Kier molecular flexibility index (Phi) is 2.72. The summed E-state index contributed by atoms with van der Waals surface area (Å²) in [7, 11) is -3.26. The molecule has 100 valence electrons. The zero-order chi connectivity index (χ0) is 13.8. The molecular weight excluding hydrogens is 256 g/mol. The summed E-state index contributed by atoms with van der Waals surface area (Å²) in [6.45, 7) is 5.93. The highest BCUT2D eigenvalue weighted by atomic mass is 32.2. The van der Waals surface area contributed by atoms with Gasteiger partial charge in [-0.1, -0.05) is 30.4 Å². The van der Waals surface area contributed by atoms with Gasteiger partial charge in [0.2, 0.25) is 0 Å². The predicted octanol–water partition coefficient (Wildman–Crippen LogP) is 3.05. The first kappa shape index (κ1) is 12.7. The molecule has 1 aromatic rings. The fourth-order valence-electron chi connectivity index (χ4n) is 3.27. The van der Waals surface area contributed by atoms with Crippen molar-refractivity contribution in [1.29, 1.82) is 0 Å². The van der Waals surface area contributed by atoms with Crippen LogP contribution in [0.1, 0.15) is 22.3 Å². The van der Waals surface area contributed by atoms with Crippen LogP contribution < -0.4 is 0 Å². The molecule has 2 nitrogen and oxygen atoms in total. The molecule has 0 saturated carbocycles. The lowest BCUT2D eigenvalue weighted by Gasteiger charge is -2.33. The molecule has 3 rings (SSSR count). The van der Waals surface area contributed by atoms with Crippen LogP contribution in [0.25, 0.3) is 0 Å². The second-order valence-corrected chi connectivity index (χ2v) is 7.63. The average molecular weight is 274 g/mol. The molecular formula is C16H18O2S. The van der Waals surface area contributed by atoms with Crippen molar-refractivity contribution < 1.29 is 8.42 Å². The third-order valence-corrected chi connectivity index (χ3v) is 6.74.